The van der Waals surface area contributed by atoms with E-state index in [4.69, 9.17) is 11.6 Å². The second-order valence-electron chi connectivity index (χ2n) is 5.48. The summed E-state index contributed by atoms with van der Waals surface area (Å²) in [6.07, 6.45) is 1.45. The zero-order valence-electron chi connectivity index (χ0n) is 13.6. The maximum Gasteiger partial charge on any atom is 0.266 e. The molecular formula is C17H15ClFN3O2S2. The molecule has 3 rings (SSSR count). The van der Waals surface area contributed by atoms with Crippen LogP contribution in [-0.4, -0.2) is 13.4 Å². The topological polar surface area (TPSA) is 71.1 Å². The van der Waals surface area contributed by atoms with Crippen LogP contribution in [0.1, 0.15) is 18.5 Å². The van der Waals surface area contributed by atoms with Crippen molar-refractivity contribution in [1.82, 2.24) is 4.98 Å². The number of rotatable bonds is 6. The molecule has 26 heavy (non-hydrogen) atoms. The lowest BCUT2D eigenvalue weighted by Crippen LogP contribution is -2.15. The third-order valence-corrected chi connectivity index (χ3v) is 6.12. The van der Waals surface area contributed by atoms with Crippen LogP contribution in [0.15, 0.2) is 58.9 Å². The highest BCUT2D eigenvalue weighted by Crippen LogP contribution is 2.31. The highest BCUT2D eigenvalue weighted by Gasteiger charge is 2.23. The van der Waals surface area contributed by atoms with Crippen LogP contribution in [0.3, 0.4) is 0 Å². The van der Waals surface area contributed by atoms with E-state index in [9.17, 15) is 12.8 Å². The van der Waals surface area contributed by atoms with Gasteiger partial charge in [-0.05, 0) is 24.6 Å². The molecule has 1 atom stereocenters. The summed E-state index contributed by atoms with van der Waals surface area (Å²) >= 11 is 7.28. The van der Waals surface area contributed by atoms with Crippen molar-refractivity contribution in [2.45, 2.75) is 17.9 Å². The molecule has 0 spiro atoms. The Morgan fingerprint density at radius 2 is 1.96 bits per heavy atom. The summed E-state index contributed by atoms with van der Waals surface area (Å²) in [4.78, 5) is 3.30. The Labute approximate surface area is 159 Å². The number of hydrogen-bond acceptors (Lipinski definition) is 5. The van der Waals surface area contributed by atoms with Gasteiger partial charge in [0.15, 0.2) is 5.13 Å². The smallest absolute Gasteiger partial charge is 0.266 e. The number of thiazole rings is 1. The zero-order valence-corrected chi connectivity index (χ0v) is 16.0. The van der Waals surface area contributed by atoms with Gasteiger partial charge in [-0.25, -0.2) is 17.8 Å². The molecule has 0 aliphatic heterocycles. The van der Waals surface area contributed by atoms with Crippen molar-refractivity contribution < 1.29 is 12.8 Å². The van der Waals surface area contributed by atoms with Crippen molar-refractivity contribution in [2.24, 2.45) is 0 Å². The summed E-state index contributed by atoms with van der Waals surface area (Å²) in [5.41, 5.74) is 1.31. The first-order valence-electron chi connectivity index (χ1n) is 7.59. The standard InChI is InChI=1S/C17H15ClFN3O2S2/c1-11(12-5-3-2-4-6-12)21-15-10-14(19)16(9-13(15)18)26(23,24)22-17-20-7-8-25-17/h2-11,21H,1H3,(H,20,22). The van der Waals surface area contributed by atoms with E-state index in [1.807, 2.05) is 37.3 Å². The number of aromatic nitrogens is 1. The summed E-state index contributed by atoms with van der Waals surface area (Å²) in [7, 11) is -4.12. The minimum Gasteiger partial charge on any atom is -0.377 e. The summed E-state index contributed by atoms with van der Waals surface area (Å²) in [5, 5.41) is 4.96. The van der Waals surface area contributed by atoms with Gasteiger partial charge in [0.2, 0.25) is 0 Å². The third-order valence-electron chi connectivity index (χ3n) is 3.64. The van der Waals surface area contributed by atoms with Crippen LogP contribution in [0.5, 0.6) is 0 Å². The minimum atomic E-state index is -4.12. The summed E-state index contributed by atoms with van der Waals surface area (Å²) in [5.74, 6) is -0.902. The fourth-order valence-electron chi connectivity index (χ4n) is 2.35. The Morgan fingerprint density at radius 3 is 2.62 bits per heavy atom. The first-order chi connectivity index (χ1) is 12.4. The largest absolute Gasteiger partial charge is 0.377 e. The molecule has 0 aliphatic carbocycles. The molecule has 0 fully saturated rings. The Bertz CT molecular complexity index is 996. The van der Waals surface area contributed by atoms with E-state index >= 15 is 0 Å². The van der Waals surface area contributed by atoms with Gasteiger partial charge in [0.05, 0.1) is 10.7 Å². The molecule has 0 saturated carbocycles. The van der Waals surface area contributed by atoms with Crippen LogP contribution in [0.25, 0.3) is 0 Å². The Hall–Kier alpha value is -2.16. The second kappa shape index (κ2) is 7.61. The maximum atomic E-state index is 14.5. The third kappa shape index (κ3) is 4.14. The normalized spacial score (nSPS) is 12.6. The van der Waals surface area contributed by atoms with Gasteiger partial charge < -0.3 is 5.32 Å². The molecule has 0 amide bonds. The van der Waals surface area contributed by atoms with Gasteiger partial charge in [0.25, 0.3) is 10.0 Å². The van der Waals surface area contributed by atoms with Gasteiger partial charge in [-0.15, -0.1) is 11.3 Å². The molecule has 1 heterocycles. The van der Waals surface area contributed by atoms with Crippen LogP contribution in [0, 0.1) is 5.82 Å². The van der Waals surface area contributed by atoms with Crippen molar-refractivity contribution in [1.29, 1.82) is 0 Å². The van der Waals surface area contributed by atoms with Gasteiger partial charge in [0.1, 0.15) is 10.7 Å². The molecule has 9 heteroatoms. The summed E-state index contributed by atoms with van der Waals surface area (Å²) < 4.78 is 41.4. The van der Waals surface area contributed by atoms with Crippen molar-refractivity contribution in [3.63, 3.8) is 0 Å². The molecule has 5 nitrogen and oxygen atoms in total. The first kappa shape index (κ1) is 18.6. The molecule has 0 radical (unpaired) electrons. The van der Waals surface area contributed by atoms with Crippen LogP contribution >= 0.6 is 22.9 Å². The van der Waals surface area contributed by atoms with Gasteiger partial charge in [-0.3, -0.25) is 4.72 Å². The number of halogens is 2. The van der Waals surface area contributed by atoms with Crippen molar-refractivity contribution in [2.75, 3.05) is 10.0 Å². The van der Waals surface area contributed by atoms with Crippen LogP contribution in [0.4, 0.5) is 15.2 Å². The lowest BCUT2D eigenvalue weighted by atomic mass is 10.1. The van der Waals surface area contributed by atoms with Crippen molar-refractivity contribution in [3.8, 4) is 0 Å². The Kier molecular flexibility index (Phi) is 5.45. The van der Waals surface area contributed by atoms with E-state index in [1.54, 1.807) is 5.38 Å². The molecular weight excluding hydrogens is 397 g/mol. The maximum absolute atomic E-state index is 14.5. The first-order valence-corrected chi connectivity index (χ1v) is 10.3. The highest BCUT2D eigenvalue weighted by atomic mass is 35.5. The van der Waals surface area contributed by atoms with Crippen LogP contribution in [-0.2, 0) is 10.0 Å². The van der Waals surface area contributed by atoms with Crippen molar-refractivity contribution >= 4 is 43.8 Å². The molecule has 1 unspecified atom stereocenters. The van der Waals surface area contributed by atoms with E-state index in [1.165, 1.54) is 6.20 Å². The fraction of sp³-hybridized carbons (Fsp3) is 0.118. The van der Waals surface area contributed by atoms with Gasteiger partial charge in [-0.2, -0.15) is 0 Å². The minimum absolute atomic E-state index is 0.105. The van der Waals surface area contributed by atoms with E-state index < -0.39 is 20.7 Å². The van der Waals surface area contributed by atoms with Crippen LogP contribution in [0.2, 0.25) is 5.02 Å². The van der Waals surface area contributed by atoms with Gasteiger partial charge in [-0.1, -0.05) is 41.9 Å². The Morgan fingerprint density at radius 1 is 1.23 bits per heavy atom. The van der Waals surface area contributed by atoms with Gasteiger partial charge >= 0.3 is 0 Å². The summed E-state index contributed by atoms with van der Waals surface area (Å²) in [6.45, 7) is 1.90. The number of sulfonamides is 1. The molecule has 2 N–H and O–H groups in total. The van der Waals surface area contributed by atoms with E-state index in [-0.39, 0.29) is 16.2 Å². The van der Waals surface area contributed by atoms with Crippen molar-refractivity contribution in [3.05, 3.63) is 70.4 Å². The van der Waals surface area contributed by atoms with Gasteiger partial charge in [0, 0.05) is 17.6 Å². The monoisotopic (exact) mass is 411 g/mol. The SMILES string of the molecule is CC(Nc1cc(F)c(S(=O)(=O)Nc2nccs2)cc1Cl)c1ccccc1. The summed E-state index contributed by atoms with van der Waals surface area (Å²) in [6, 6.07) is 11.6. The highest BCUT2D eigenvalue weighted by molar-refractivity contribution is 7.93. The number of benzene rings is 2. The lowest BCUT2D eigenvalue weighted by Gasteiger charge is -2.18. The molecule has 0 aliphatic rings. The second-order valence-corrected chi connectivity index (χ2v) is 8.43. The molecule has 2 aromatic carbocycles. The molecule has 1 aromatic heterocycles. The van der Waals surface area contributed by atoms with E-state index in [0.717, 1.165) is 29.0 Å². The molecule has 0 saturated heterocycles. The number of nitrogens with one attached hydrogen (secondary N) is 2. The zero-order chi connectivity index (χ0) is 18.7. The molecule has 0 bridgehead atoms. The van der Waals surface area contributed by atoms with E-state index in [0.29, 0.717) is 5.69 Å². The average molecular weight is 412 g/mol. The Balaban J connectivity index is 1.86. The average Bonchev–Trinajstić information content (AvgIpc) is 3.10. The quantitative estimate of drug-likeness (QED) is 0.604. The molecule has 3 aromatic rings. The lowest BCUT2D eigenvalue weighted by molar-refractivity contribution is 0.570. The number of nitrogens with zero attached hydrogens (tertiary/aromatic N) is 1. The van der Waals surface area contributed by atoms with E-state index in [2.05, 4.69) is 15.0 Å². The van der Waals surface area contributed by atoms with Crippen LogP contribution < -0.4 is 10.0 Å². The molecule has 136 valence electrons. The predicted molar refractivity (Wildman–Crippen MR) is 103 cm³/mol. The predicted octanol–water partition coefficient (Wildman–Crippen LogP) is 4.91. The number of hydrogen-bond donors (Lipinski definition) is 2. The fourth-order valence-corrected chi connectivity index (χ4v) is 4.51. The number of anilines is 2.